The van der Waals surface area contributed by atoms with Gasteiger partial charge in [0.05, 0.1) is 6.61 Å². The molecule has 0 aliphatic heterocycles. The summed E-state index contributed by atoms with van der Waals surface area (Å²) in [5, 5.41) is 3.39. The third-order valence-corrected chi connectivity index (χ3v) is 6.44. The molecule has 140 valence electrons. The van der Waals surface area contributed by atoms with Crippen molar-refractivity contribution < 1.29 is 13.5 Å². The van der Waals surface area contributed by atoms with E-state index in [4.69, 9.17) is 4.74 Å². The van der Waals surface area contributed by atoms with Gasteiger partial charge in [0.15, 0.2) is 11.6 Å². The minimum Gasteiger partial charge on any atom is -0.491 e. The molecule has 1 aromatic rings. The largest absolute Gasteiger partial charge is 0.491 e. The summed E-state index contributed by atoms with van der Waals surface area (Å²) in [4.78, 5) is 0. The number of hydrogen-bond donors (Lipinski definition) is 1. The first-order chi connectivity index (χ1) is 12.1. The summed E-state index contributed by atoms with van der Waals surface area (Å²) in [6.45, 7) is 2.12. The number of hydrogen-bond acceptors (Lipinski definition) is 2. The second-order valence-electron chi connectivity index (χ2n) is 7.73. The Balaban J connectivity index is 1.58. The second kappa shape index (κ2) is 8.48. The Morgan fingerprint density at radius 3 is 2.08 bits per heavy atom. The molecular weight excluding hydrogens is 320 g/mol. The zero-order valence-electron chi connectivity index (χ0n) is 15.5. The SMILES string of the molecule is CCOc1ccc(C2CCC(C3CCC(NC)CC3)CC2)c(F)c1F. The smallest absolute Gasteiger partial charge is 0.200 e. The molecule has 25 heavy (non-hydrogen) atoms. The summed E-state index contributed by atoms with van der Waals surface area (Å²) in [6.07, 6.45) is 9.42. The Morgan fingerprint density at radius 1 is 0.920 bits per heavy atom. The third kappa shape index (κ3) is 4.16. The van der Waals surface area contributed by atoms with Crippen LogP contribution in [0.15, 0.2) is 12.1 Å². The van der Waals surface area contributed by atoms with Crippen molar-refractivity contribution in [3.05, 3.63) is 29.3 Å². The van der Waals surface area contributed by atoms with Gasteiger partial charge in [-0.15, -0.1) is 0 Å². The number of halogens is 2. The molecule has 0 radical (unpaired) electrons. The van der Waals surface area contributed by atoms with Gasteiger partial charge in [-0.25, -0.2) is 4.39 Å². The standard InChI is InChI=1S/C21H31F2NO/c1-3-25-19-13-12-18(20(22)21(19)23)16-6-4-14(5-7-16)15-8-10-17(24-2)11-9-15/h12-17,24H,3-11H2,1-2H3. The van der Waals surface area contributed by atoms with Crippen LogP contribution >= 0.6 is 0 Å². The summed E-state index contributed by atoms with van der Waals surface area (Å²) in [7, 11) is 2.06. The van der Waals surface area contributed by atoms with Crippen molar-refractivity contribution in [3.63, 3.8) is 0 Å². The van der Waals surface area contributed by atoms with E-state index >= 15 is 0 Å². The van der Waals surface area contributed by atoms with Gasteiger partial charge in [-0.05, 0) is 94.7 Å². The number of benzene rings is 1. The molecule has 0 heterocycles. The van der Waals surface area contributed by atoms with E-state index in [9.17, 15) is 8.78 Å². The van der Waals surface area contributed by atoms with Crippen LogP contribution in [0.2, 0.25) is 0 Å². The van der Waals surface area contributed by atoms with Gasteiger partial charge in [0.1, 0.15) is 0 Å². The van der Waals surface area contributed by atoms with Gasteiger partial charge in [-0.3, -0.25) is 0 Å². The average molecular weight is 351 g/mol. The van der Waals surface area contributed by atoms with Crippen LogP contribution in [-0.4, -0.2) is 19.7 Å². The molecule has 2 aliphatic rings. The summed E-state index contributed by atoms with van der Waals surface area (Å²) in [5.74, 6) is 0.238. The maximum atomic E-state index is 14.4. The van der Waals surface area contributed by atoms with Gasteiger partial charge < -0.3 is 10.1 Å². The number of ether oxygens (including phenoxy) is 1. The van der Waals surface area contributed by atoms with E-state index in [1.807, 2.05) is 0 Å². The quantitative estimate of drug-likeness (QED) is 0.765. The van der Waals surface area contributed by atoms with E-state index in [-0.39, 0.29) is 11.7 Å². The molecule has 4 heteroatoms. The third-order valence-electron chi connectivity index (χ3n) is 6.44. The van der Waals surface area contributed by atoms with Crippen LogP contribution in [-0.2, 0) is 0 Å². The van der Waals surface area contributed by atoms with Crippen LogP contribution in [0, 0.1) is 23.5 Å². The molecule has 1 N–H and O–H groups in total. The normalized spacial score (nSPS) is 30.2. The molecule has 0 spiro atoms. The lowest BCUT2D eigenvalue weighted by Gasteiger charge is -2.38. The maximum absolute atomic E-state index is 14.4. The van der Waals surface area contributed by atoms with Crippen LogP contribution in [0.5, 0.6) is 5.75 Å². The first-order valence-electron chi connectivity index (χ1n) is 9.92. The zero-order chi connectivity index (χ0) is 17.8. The fourth-order valence-electron chi connectivity index (χ4n) is 4.91. The summed E-state index contributed by atoms with van der Waals surface area (Å²) >= 11 is 0. The van der Waals surface area contributed by atoms with Gasteiger partial charge in [-0.2, -0.15) is 4.39 Å². The Kier molecular flexibility index (Phi) is 6.32. The van der Waals surface area contributed by atoms with Crippen LogP contribution in [0.1, 0.15) is 69.8 Å². The zero-order valence-corrected chi connectivity index (χ0v) is 15.5. The van der Waals surface area contributed by atoms with Crippen LogP contribution in [0.25, 0.3) is 0 Å². The second-order valence-corrected chi connectivity index (χ2v) is 7.73. The molecular formula is C21H31F2NO. The molecule has 2 saturated carbocycles. The van der Waals surface area contributed by atoms with Crippen molar-refractivity contribution in [2.75, 3.05) is 13.7 Å². The van der Waals surface area contributed by atoms with Crippen molar-refractivity contribution in [2.45, 2.75) is 70.3 Å². The number of nitrogens with one attached hydrogen (secondary N) is 1. The Labute approximate surface area is 150 Å². The molecule has 2 fully saturated rings. The Hall–Kier alpha value is -1.16. The van der Waals surface area contributed by atoms with Crippen molar-refractivity contribution in [2.24, 2.45) is 11.8 Å². The van der Waals surface area contributed by atoms with E-state index in [0.29, 0.717) is 18.2 Å². The monoisotopic (exact) mass is 351 g/mol. The first kappa shape index (κ1) is 18.6. The van der Waals surface area contributed by atoms with Crippen molar-refractivity contribution in [1.82, 2.24) is 5.32 Å². The van der Waals surface area contributed by atoms with E-state index < -0.39 is 11.6 Å². The summed E-state index contributed by atoms with van der Waals surface area (Å²) in [5.41, 5.74) is 0.540. The first-order valence-corrected chi connectivity index (χ1v) is 9.92. The fourth-order valence-corrected chi connectivity index (χ4v) is 4.91. The minimum absolute atomic E-state index is 0.0266. The highest BCUT2D eigenvalue weighted by atomic mass is 19.2. The minimum atomic E-state index is -0.827. The highest BCUT2D eigenvalue weighted by Gasteiger charge is 2.32. The Bertz CT molecular complexity index is 561. The van der Waals surface area contributed by atoms with Gasteiger partial charge in [0.2, 0.25) is 5.82 Å². The van der Waals surface area contributed by atoms with Gasteiger partial charge in [0.25, 0.3) is 0 Å². The fraction of sp³-hybridized carbons (Fsp3) is 0.714. The van der Waals surface area contributed by atoms with Crippen LogP contribution in [0.3, 0.4) is 0 Å². The van der Waals surface area contributed by atoms with Gasteiger partial charge in [-0.1, -0.05) is 6.07 Å². The predicted molar refractivity (Wildman–Crippen MR) is 97.0 cm³/mol. The summed E-state index contributed by atoms with van der Waals surface area (Å²) < 4.78 is 33.7. The van der Waals surface area contributed by atoms with E-state index in [0.717, 1.165) is 37.5 Å². The van der Waals surface area contributed by atoms with E-state index in [1.165, 1.54) is 25.7 Å². The lowest BCUT2D eigenvalue weighted by molar-refractivity contribution is 0.170. The molecule has 0 bridgehead atoms. The van der Waals surface area contributed by atoms with Crippen molar-refractivity contribution in [1.29, 1.82) is 0 Å². The molecule has 3 rings (SSSR count). The Morgan fingerprint density at radius 2 is 1.52 bits per heavy atom. The van der Waals surface area contributed by atoms with E-state index in [2.05, 4.69) is 12.4 Å². The lowest BCUT2D eigenvalue weighted by Crippen LogP contribution is -2.33. The predicted octanol–water partition coefficient (Wildman–Crippen LogP) is 5.42. The average Bonchev–Trinajstić information content (AvgIpc) is 2.66. The molecule has 0 unspecified atom stereocenters. The molecule has 1 aromatic carbocycles. The number of rotatable bonds is 5. The topological polar surface area (TPSA) is 21.3 Å². The van der Waals surface area contributed by atoms with Crippen molar-refractivity contribution in [3.8, 4) is 5.75 Å². The van der Waals surface area contributed by atoms with Gasteiger partial charge in [0, 0.05) is 6.04 Å². The van der Waals surface area contributed by atoms with Crippen LogP contribution < -0.4 is 10.1 Å². The summed E-state index contributed by atoms with van der Waals surface area (Å²) in [6, 6.07) is 4.00. The highest BCUT2D eigenvalue weighted by molar-refractivity contribution is 5.33. The van der Waals surface area contributed by atoms with Crippen LogP contribution in [0.4, 0.5) is 8.78 Å². The van der Waals surface area contributed by atoms with Crippen molar-refractivity contribution >= 4 is 0 Å². The molecule has 0 aromatic heterocycles. The molecule has 0 atom stereocenters. The molecule has 2 aliphatic carbocycles. The van der Waals surface area contributed by atoms with E-state index in [1.54, 1.807) is 19.1 Å². The highest BCUT2D eigenvalue weighted by Crippen LogP contribution is 2.44. The maximum Gasteiger partial charge on any atom is 0.200 e. The molecule has 0 amide bonds. The van der Waals surface area contributed by atoms with Gasteiger partial charge >= 0.3 is 0 Å². The molecule has 2 nitrogen and oxygen atoms in total. The lowest BCUT2D eigenvalue weighted by atomic mass is 9.69. The molecule has 0 saturated heterocycles.